The molecule has 114 valence electrons. The van der Waals surface area contributed by atoms with Crippen molar-refractivity contribution in [3.05, 3.63) is 18.0 Å². The predicted octanol–water partition coefficient (Wildman–Crippen LogP) is 2.10. The minimum Gasteiger partial charge on any atom is -0.478 e. The van der Waals surface area contributed by atoms with E-state index in [-0.39, 0.29) is 16.8 Å². The van der Waals surface area contributed by atoms with Crippen molar-refractivity contribution in [1.82, 2.24) is 9.97 Å². The van der Waals surface area contributed by atoms with Gasteiger partial charge < -0.3 is 14.7 Å². The van der Waals surface area contributed by atoms with Gasteiger partial charge >= 0.3 is 5.97 Å². The van der Waals surface area contributed by atoms with Gasteiger partial charge in [-0.25, -0.2) is 14.8 Å². The van der Waals surface area contributed by atoms with E-state index in [0.717, 1.165) is 19.4 Å². The van der Waals surface area contributed by atoms with E-state index in [1.807, 2.05) is 0 Å². The van der Waals surface area contributed by atoms with Gasteiger partial charge in [-0.05, 0) is 26.7 Å². The monoisotopic (exact) mass is 291 g/mol. The van der Waals surface area contributed by atoms with Crippen molar-refractivity contribution in [3.8, 4) is 0 Å². The van der Waals surface area contributed by atoms with Gasteiger partial charge in [-0.1, -0.05) is 12.8 Å². The summed E-state index contributed by atoms with van der Waals surface area (Å²) >= 11 is 0. The van der Waals surface area contributed by atoms with Gasteiger partial charge in [0.1, 0.15) is 0 Å². The van der Waals surface area contributed by atoms with Crippen molar-refractivity contribution < 1.29 is 14.6 Å². The number of aromatic nitrogens is 2. The first-order valence-electron chi connectivity index (χ1n) is 7.40. The molecule has 0 radical (unpaired) electrons. The van der Waals surface area contributed by atoms with Crippen LogP contribution in [0.4, 0.5) is 5.95 Å². The topological polar surface area (TPSA) is 75.6 Å². The Labute approximate surface area is 124 Å². The fraction of sp³-hybridized carbons (Fsp3) is 0.667. The number of aromatic carboxylic acids is 1. The van der Waals surface area contributed by atoms with Crippen LogP contribution in [0.1, 0.15) is 49.9 Å². The number of morpholine rings is 1. The van der Waals surface area contributed by atoms with Crippen LogP contribution in [0, 0.1) is 0 Å². The van der Waals surface area contributed by atoms with Crippen LogP contribution in [0.25, 0.3) is 0 Å². The van der Waals surface area contributed by atoms with Crippen LogP contribution in [0.3, 0.4) is 0 Å². The first kappa shape index (κ1) is 14.3. The molecule has 0 unspecified atom stereocenters. The predicted molar refractivity (Wildman–Crippen MR) is 77.6 cm³/mol. The van der Waals surface area contributed by atoms with E-state index in [9.17, 15) is 4.79 Å². The Kier molecular flexibility index (Phi) is 3.36. The van der Waals surface area contributed by atoms with Crippen LogP contribution in [-0.2, 0) is 4.74 Å². The Hall–Kier alpha value is -1.69. The third kappa shape index (κ3) is 2.85. The van der Waals surface area contributed by atoms with Gasteiger partial charge in [-0.3, -0.25) is 0 Å². The van der Waals surface area contributed by atoms with Crippen molar-refractivity contribution in [1.29, 1.82) is 0 Å². The maximum Gasteiger partial charge on any atom is 0.338 e. The van der Waals surface area contributed by atoms with Crippen molar-refractivity contribution in [3.63, 3.8) is 0 Å². The Morgan fingerprint density at radius 1 is 1.24 bits per heavy atom. The molecule has 1 aliphatic heterocycles. The summed E-state index contributed by atoms with van der Waals surface area (Å²) in [6.45, 7) is 5.67. The second-order valence-electron chi connectivity index (χ2n) is 6.68. The summed E-state index contributed by atoms with van der Waals surface area (Å²) in [6, 6.07) is 0. The minimum absolute atomic E-state index is 0.101. The molecular weight excluding hydrogens is 270 g/mol. The number of ether oxygens (including phenoxy) is 1. The van der Waals surface area contributed by atoms with Gasteiger partial charge in [0.25, 0.3) is 0 Å². The average Bonchev–Trinajstić information content (AvgIpc) is 2.84. The van der Waals surface area contributed by atoms with E-state index >= 15 is 0 Å². The molecule has 0 amide bonds. The molecule has 1 aliphatic carbocycles. The van der Waals surface area contributed by atoms with Crippen molar-refractivity contribution >= 4 is 11.9 Å². The normalized spacial score (nSPS) is 23.4. The van der Waals surface area contributed by atoms with Gasteiger partial charge in [0.15, 0.2) is 0 Å². The van der Waals surface area contributed by atoms with Crippen LogP contribution in [0.2, 0.25) is 0 Å². The Balaban J connectivity index is 1.85. The van der Waals surface area contributed by atoms with E-state index < -0.39 is 5.97 Å². The third-order valence-corrected chi connectivity index (χ3v) is 4.23. The molecule has 1 aromatic rings. The van der Waals surface area contributed by atoms with Gasteiger partial charge in [0, 0.05) is 18.9 Å². The Morgan fingerprint density at radius 3 is 2.43 bits per heavy atom. The lowest BCUT2D eigenvalue weighted by atomic mass is 9.94. The molecule has 3 rings (SSSR count). The number of carboxylic acids is 1. The Morgan fingerprint density at radius 2 is 1.86 bits per heavy atom. The number of nitrogens with zero attached hydrogens (tertiary/aromatic N) is 3. The molecule has 1 saturated carbocycles. The summed E-state index contributed by atoms with van der Waals surface area (Å²) in [6.07, 6.45) is 7.27. The fourth-order valence-corrected chi connectivity index (χ4v) is 3.53. The van der Waals surface area contributed by atoms with Crippen molar-refractivity contribution in [2.45, 2.75) is 50.7 Å². The second kappa shape index (κ2) is 4.94. The molecule has 6 nitrogen and oxygen atoms in total. The molecule has 2 heterocycles. The molecule has 1 spiro atoms. The smallest absolute Gasteiger partial charge is 0.338 e. The lowest BCUT2D eigenvalue weighted by Crippen LogP contribution is -2.59. The first-order chi connectivity index (χ1) is 9.89. The number of carbonyl (C=O) groups is 1. The van der Waals surface area contributed by atoms with Gasteiger partial charge in [-0.15, -0.1) is 0 Å². The summed E-state index contributed by atoms with van der Waals surface area (Å²) < 4.78 is 6.34. The standard InChI is InChI=1S/C15H21N3O3/c1-14(2)9-18(10-15(21-14)5-3-4-6-15)13-16-7-11(8-17-13)12(19)20/h7-8H,3-6,9-10H2,1-2H3,(H,19,20). The highest BCUT2D eigenvalue weighted by Gasteiger charge is 2.46. The van der Waals surface area contributed by atoms with Crippen LogP contribution in [-0.4, -0.2) is 45.3 Å². The fourth-order valence-electron chi connectivity index (χ4n) is 3.53. The molecule has 1 saturated heterocycles. The summed E-state index contributed by atoms with van der Waals surface area (Å²) in [4.78, 5) is 21.5. The van der Waals surface area contributed by atoms with Gasteiger partial charge in [0.2, 0.25) is 5.95 Å². The van der Waals surface area contributed by atoms with Gasteiger partial charge in [0.05, 0.1) is 23.3 Å². The molecule has 0 bridgehead atoms. The van der Waals surface area contributed by atoms with Crippen molar-refractivity contribution in [2.75, 3.05) is 18.0 Å². The highest BCUT2D eigenvalue weighted by atomic mass is 16.5. The van der Waals surface area contributed by atoms with Crippen LogP contribution >= 0.6 is 0 Å². The van der Waals surface area contributed by atoms with Crippen LogP contribution in [0.5, 0.6) is 0 Å². The number of anilines is 1. The molecule has 2 fully saturated rings. The lowest BCUT2D eigenvalue weighted by molar-refractivity contribution is -0.148. The SMILES string of the molecule is CC1(C)CN(c2ncc(C(=O)O)cn2)CC2(CCCC2)O1. The zero-order valence-corrected chi connectivity index (χ0v) is 12.5. The van der Waals surface area contributed by atoms with E-state index in [1.54, 1.807) is 0 Å². The second-order valence-corrected chi connectivity index (χ2v) is 6.68. The minimum atomic E-state index is -1.00. The molecule has 1 aromatic heterocycles. The molecule has 21 heavy (non-hydrogen) atoms. The molecule has 0 aromatic carbocycles. The van der Waals surface area contributed by atoms with Crippen LogP contribution in [0.15, 0.2) is 12.4 Å². The largest absolute Gasteiger partial charge is 0.478 e. The quantitative estimate of drug-likeness (QED) is 0.899. The Bertz CT molecular complexity index is 536. The van der Waals surface area contributed by atoms with E-state index in [4.69, 9.17) is 9.84 Å². The number of carboxylic acid groups (broad SMARTS) is 1. The number of hydrogen-bond acceptors (Lipinski definition) is 5. The maximum absolute atomic E-state index is 10.9. The van der Waals surface area contributed by atoms with Crippen molar-refractivity contribution in [2.24, 2.45) is 0 Å². The maximum atomic E-state index is 10.9. The zero-order chi connectivity index (χ0) is 15.1. The summed E-state index contributed by atoms with van der Waals surface area (Å²) in [5, 5.41) is 8.92. The number of hydrogen-bond donors (Lipinski definition) is 1. The van der Waals surface area contributed by atoms with E-state index in [2.05, 4.69) is 28.7 Å². The average molecular weight is 291 g/mol. The summed E-state index contributed by atoms with van der Waals surface area (Å²) in [7, 11) is 0. The lowest BCUT2D eigenvalue weighted by Gasteiger charge is -2.48. The van der Waals surface area contributed by atoms with Crippen LogP contribution < -0.4 is 4.90 Å². The third-order valence-electron chi connectivity index (χ3n) is 4.23. The van der Waals surface area contributed by atoms with Gasteiger partial charge in [-0.2, -0.15) is 0 Å². The highest BCUT2D eigenvalue weighted by Crippen LogP contribution is 2.41. The number of rotatable bonds is 2. The van der Waals surface area contributed by atoms with E-state index in [0.29, 0.717) is 12.5 Å². The van der Waals surface area contributed by atoms with E-state index in [1.165, 1.54) is 25.2 Å². The summed E-state index contributed by atoms with van der Waals surface area (Å²) in [5.41, 5.74) is -0.240. The molecule has 2 aliphatic rings. The first-order valence-corrected chi connectivity index (χ1v) is 7.40. The molecule has 0 atom stereocenters. The molecule has 6 heteroatoms. The highest BCUT2D eigenvalue weighted by molar-refractivity contribution is 5.86. The summed E-state index contributed by atoms with van der Waals surface area (Å²) in [5.74, 6) is -0.418. The molecule has 1 N–H and O–H groups in total. The molecular formula is C15H21N3O3. The zero-order valence-electron chi connectivity index (χ0n) is 12.5.